The van der Waals surface area contributed by atoms with Crippen molar-refractivity contribution in [2.24, 2.45) is 0 Å². The zero-order chi connectivity index (χ0) is 13.1. The predicted octanol–water partition coefficient (Wildman–Crippen LogP) is 1.79. The van der Waals surface area contributed by atoms with Crippen LogP contribution in [0.4, 0.5) is 4.39 Å². The van der Waals surface area contributed by atoms with Crippen molar-refractivity contribution in [3.8, 4) is 5.75 Å². The van der Waals surface area contributed by atoms with E-state index < -0.39 is 11.8 Å². The van der Waals surface area contributed by atoms with Gasteiger partial charge < -0.3 is 14.4 Å². The molecule has 18 heavy (non-hydrogen) atoms. The van der Waals surface area contributed by atoms with Gasteiger partial charge in [0.05, 0.1) is 0 Å². The second kappa shape index (κ2) is 4.82. The minimum Gasteiger partial charge on any atom is -0.481 e. The lowest BCUT2D eigenvalue weighted by Crippen LogP contribution is -2.06. The van der Waals surface area contributed by atoms with Gasteiger partial charge in [-0.3, -0.25) is 0 Å². The van der Waals surface area contributed by atoms with Crippen LogP contribution in [-0.4, -0.2) is 21.2 Å². The van der Waals surface area contributed by atoms with E-state index in [4.69, 9.17) is 14.4 Å². The van der Waals surface area contributed by atoms with Gasteiger partial charge in [-0.05, 0) is 12.1 Å². The number of hydrogen-bond acceptors (Lipinski definition) is 5. The summed E-state index contributed by atoms with van der Waals surface area (Å²) < 4.78 is 23.3. The summed E-state index contributed by atoms with van der Waals surface area (Å²) in [5, 5.41) is 12.4. The molecular formula is C11H9FN2O4. The van der Waals surface area contributed by atoms with Crippen molar-refractivity contribution >= 4 is 5.97 Å². The topological polar surface area (TPSA) is 85.5 Å². The van der Waals surface area contributed by atoms with Gasteiger partial charge in [-0.15, -0.1) is 0 Å². The molecule has 1 N–H and O–H groups in total. The summed E-state index contributed by atoms with van der Waals surface area (Å²) in [6, 6.07) is 3.66. The van der Waals surface area contributed by atoms with Crippen molar-refractivity contribution in [1.29, 1.82) is 0 Å². The summed E-state index contributed by atoms with van der Waals surface area (Å²) in [5.41, 5.74) is -0.254. The number of carbonyl (C=O) groups is 1. The number of carboxylic acids is 1. The molecule has 0 unspecified atom stereocenters. The lowest BCUT2D eigenvalue weighted by Gasteiger charge is -2.07. The van der Waals surface area contributed by atoms with Crippen molar-refractivity contribution in [3.63, 3.8) is 0 Å². The third-order valence-corrected chi connectivity index (χ3v) is 2.11. The van der Waals surface area contributed by atoms with Gasteiger partial charge >= 0.3 is 5.97 Å². The Bertz CT molecular complexity index is 582. The number of aryl methyl sites for hydroxylation is 1. The molecule has 0 saturated carbocycles. The first-order valence-corrected chi connectivity index (χ1v) is 5.01. The number of halogens is 1. The molecule has 2 rings (SSSR count). The van der Waals surface area contributed by atoms with E-state index in [1.807, 2.05) is 0 Å². The van der Waals surface area contributed by atoms with Crippen molar-refractivity contribution < 1.29 is 23.6 Å². The van der Waals surface area contributed by atoms with Gasteiger partial charge in [0.25, 0.3) is 0 Å². The molecule has 0 radical (unpaired) electrons. The number of hydrogen-bond donors (Lipinski definition) is 1. The van der Waals surface area contributed by atoms with E-state index in [2.05, 4.69) is 10.1 Å². The first-order chi connectivity index (χ1) is 8.58. The maximum absolute atomic E-state index is 13.5. The zero-order valence-electron chi connectivity index (χ0n) is 9.38. The fourth-order valence-electron chi connectivity index (χ4n) is 1.36. The average Bonchev–Trinajstić information content (AvgIpc) is 2.73. The van der Waals surface area contributed by atoms with Crippen molar-refractivity contribution in [3.05, 3.63) is 41.3 Å². The molecule has 1 heterocycles. The molecule has 0 atom stereocenters. The molecule has 1 aromatic heterocycles. The lowest BCUT2D eigenvalue weighted by atomic mass is 10.2. The van der Waals surface area contributed by atoms with E-state index in [1.54, 1.807) is 6.92 Å². The van der Waals surface area contributed by atoms with Crippen LogP contribution in [-0.2, 0) is 6.61 Å². The highest BCUT2D eigenvalue weighted by molar-refractivity contribution is 5.90. The summed E-state index contributed by atoms with van der Waals surface area (Å²) in [7, 11) is 0. The highest BCUT2D eigenvalue weighted by Gasteiger charge is 2.16. The van der Waals surface area contributed by atoms with Crippen molar-refractivity contribution in [2.45, 2.75) is 13.5 Å². The Morgan fingerprint density at radius 2 is 2.33 bits per heavy atom. The third-order valence-electron chi connectivity index (χ3n) is 2.11. The van der Waals surface area contributed by atoms with Gasteiger partial charge in [-0.1, -0.05) is 11.2 Å². The number of ether oxygens (including phenoxy) is 1. The first kappa shape index (κ1) is 12.0. The monoisotopic (exact) mass is 252 g/mol. The number of para-hydroxylation sites is 1. The molecule has 1 aromatic carbocycles. The number of nitrogens with zero attached hydrogens (tertiary/aromatic N) is 2. The van der Waals surface area contributed by atoms with Crippen LogP contribution in [0.15, 0.2) is 22.7 Å². The van der Waals surface area contributed by atoms with Crippen LogP contribution in [0.3, 0.4) is 0 Å². The maximum atomic E-state index is 13.5. The Balaban J connectivity index is 2.20. The van der Waals surface area contributed by atoms with Gasteiger partial charge in [0.15, 0.2) is 18.2 Å². The summed E-state index contributed by atoms with van der Waals surface area (Å²) in [6.45, 7) is 1.43. The molecule has 6 nitrogen and oxygen atoms in total. The van der Waals surface area contributed by atoms with E-state index >= 15 is 0 Å². The first-order valence-electron chi connectivity index (χ1n) is 5.01. The Morgan fingerprint density at radius 3 is 2.94 bits per heavy atom. The van der Waals surface area contributed by atoms with Gasteiger partial charge in [0.2, 0.25) is 11.7 Å². The predicted molar refractivity (Wildman–Crippen MR) is 56.7 cm³/mol. The Morgan fingerprint density at radius 1 is 1.56 bits per heavy atom. The molecule has 0 spiro atoms. The number of aromatic carboxylic acids is 1. The largest absolute Gasteiger partial charge is 0.481 e. The van der Waals surface area contributed by atoms with Gasteiger partial charge in [0, 0.05) is 6.92 Å². The molecule has 0 amide bonds. The normalized spacial score (nSPS) is 10.3. The molecule has 0 aliphatic heterocycles. The second-order valence-electron chi connectivity index (χ2n) is 3.44. The Labute approximate surface area is 101 Å². The van der Waals surface area contributed by atoms with Crippen LogP contribution in [0.1, 0.15) is 22.1 Å². The van der Waals surface area contributed by atoms with Crippen LogP contribution < -0.4 is 4.74 Å². The number of rotatable bonds is 4. The van der Waals surface area contributed by atoms with E-state index in [0.717, 1.165) is 6.07 Å². The Hall–Kier alpha value is -2.44. The smallest absolute Gasteiger partial charge is 0.339 e. The quantitative estimate of drug-likeness (QED) is 0.892. The molecule has 2 aromatic rings. The molecule has 94 valence electrons. The molecule has 0 saturated heterocycles. The standard InChI is InChI=1S/C11H9FN2O4/c1-6-13-9(14-18-6)5-17-10-7(11(15)16)3-2-4-8(10)12/h2-4H,5H2,1H3,(H,15,16). The number of aromatic nitrogens is 2. The maximum Gasteiger partial charge on any atom is 0.339 e. The highest BCUT2D eigenvalue weighted by Crippen LogP contribution is 2.23. The molecule has 0 aliphatic rings. The minimum absolute atomic E-state index is 0.168. The third kappa shape index (κ3) is 2.45. The summed E-state index contributed by atoms with van der Waals surface area (Å²) in [4.78, 5) is 14.8. The van der Waals surface area contributed by atoms with Crippen LogP contribution >= 0.6 is 0 Å². The van der Waals surface area contributed by atoms with Crippen molar-refractivity contribution in [2.75, 3.05) is 0 Å². The zero-order valence-corrected chi connectivity index (χ0v) is 9.38. The minimum atomic E-state index is -1.27. The van der Waals surface area contributed by atoms with Crippen LogP contribution in [0.25, 0.3) is 0 Å². The molecule has 0 fully saturated rings. The van der Waals surface area contributed by atoms with E-state index in [0.29, 0.717) is 5.89 Å². The van der Waals surface area contributed by atoms with Crippen LogP contribution in [0.5, 0.6) is 5.75 Å². The summed E-state index contributed by atoms with van der Waals surface area (Å²) in [5.74, 6) is -1.80. The lowest BCUT2D eigenvalue weighted by molar-refractivity contribution is 0.0690. The number of carboxylic acid groups (broad SMARTS) is 1. The molecular weight excluding hydrogens is 243 g/mol. The average molecular weight is 252 g/mol. The summed E-state index contributed by atoms with van der Waals surface area (Å²) >= 11 is 0. The van der Waals surface area contributed by atoms with Gasteiger partial charge in [-0.25, -0.2) is 9.18 Å². The highest BCUT2D eigenvalue weighted by atomic mass is 19.1. The SMILES string of the molecule is Cc1nc(COc2c(F)cccc2C(=O)O)no1. The van der Waals surface area contributed by atoms with Crippen molar-refractivity contribution in [1.82, 2.24) is 10.1 Å². The summed E-state index contributed by atoms with van der Waals surface area (Å²) in [6.07, 6.45) is 0. The fourth-order valence-corrected chi connectivity index (χ4v) is 1.36. The second-order valence-corrected chi connectivity index (χ2v) is 3.44. The van der Waals surface area contributed by atoms with E-state index in [-0.39, 0.29) is 23.7 Å². The fraction of sp³-hybridized carbons (Fsp3) is 0.182. The van der Waals surface area contributed by atoms with Crippen LogP contribution in [0.2, 0.25) is 0 Å². The van der Waals surface area contributed by atoms with Gasteiger partial charge in [0.1, 0.15) is 5.56 Å². The van der Waals surface area contributed by atoms with Gasteiger partial charge in [-0.2, -0.15) is 4.98 Å². The van der Waals surface area contributed by atoms with Crippen LogP contribution in [0, 0.1) is 12.7 Å². The number of benzene rings is 1. The van der Waals surface area contributed by atoms with E-state index in [1.165, 1.54) is 12.1 Å². The molecule has 0 bridgehead atoms. The molecule has 7 heteroatoms. The molecule has 0 aliphatic carbocycles. The Kier molecular flexibility index (Phi) is 3.22. The van der Waals surface area contributed by atoms with E-state index in [9.17, 15) is 9.18 Å².